The summed E-state index contributed by atoms with van der Waals surface area (Å²) in [5.41, 5.74) is 0. The van der Waals surface area contributed by atoms with E-state index in [9.17, 15) is 0 Å². The van der Waals surface area contributed by atoms with E-state index in [1.807, 2.05) is 0 Å². The second-order valence-corrected chi connectivity index (χ2v) is 0. The topological polar surface area (TPSA) is 95.2 Å². The Balaban J connectivity index is -0.00000000500. The SMILES string of the molecule is [C-]#N.[C-]#N.[C-]#N.[C-]#N.[Cu+2].[Cu+2]. The van der Waals surface area contributed by atoms with Gasteiger partial charge in [-0.2, -0.15) is 0 Å². The van der Waals surface area contributed by atoms with E-state index in [2.05, 4.69) is 0 Å². The molecule has 0 saturated carbocycles. The molecule has 0 fully saturated rings. The van der Waals surface area contributed by atoms with E-state index < -0.39 is 0 Å². The van der Waals surface area contributed by atoms with Crippen molar-refractivity contribution >= 4 is 0 Å². The fraction of sp³-hybridized carbons (Fsp3) is 0. The first-order valence-electron chi connectivity index (χ1n) is 0.894. The molecule has 58 valence electrons. The van der Waals surface area contributed by atoms with E-state index in [4.69, 9.17) is 47.3 Å². The molecule has 4 nitrogen and oxygen atoms in total. The van der Waals surface area contributed by atoms with Crippen LogP contribution in [0.3, 0.4) is 0 Å². The molecule has 0 aromatic carbocycles. The van der Waals surface area contributed by atoms with Crippen molar-refractivity contribution in [1.82, 2.24) is 0 Å². The Morgan fingerprint density at radius 1 is 0.400 bits per heavy atom. The van der Waals surface area contributed by atoms with E-state index in [0.29, 0.717) is 0 Å². The predicted molar refractivity (Wildman–Crippen MR) is 19.9 cm³/mol. The van der Waals surface area contributed by atoms with Gasteiger partial charge in [0.15, 0.2) is 0 Å². The summed E-state index contributed by atoms with van der Waals surface area (Å²) in [5, 5.41) is 25.0. The van der Waals surface area contributed by atoms with Crippen molar-refractivity contribution < 1.29 is 34.1 Å². The van der Waals surface area contributed by atoms with Crippen molar-refractivity contribution in [2.24, 2.45) is 0 Å². The molecule has 0 aromatic heterocycles. The molecular weight excluding hydrogens is 231 g/mol. The van der Waals surface area contributed by atoms with E-state index in [0.717, 1.165) is 0 Å². The average Bonchev–Trinajstić information content (AvgIpc) is 2.03. The summed E-state index contributed by atoms with van der Waals surface area (Å²) in [6, 6.07) is 0. The largest absolute Gasteiger partial charge is 2.00 e. The molecule has 0 amide bonds. The minimum absolute atomic E-state index is 0. The second kappa shape index (κ2) is 391. The number of nitrogens with zero attached hydrogens (tertiary/aromatic N) is 4. The zero-order chi connectivity index (χ0) is 8.00. The molecule has 2 radical (unpaired) electrons. The van der Waals surface area contributed by atoms with Crippen molar-refractivity contribution in [3.63, 3.8) is 0 Å². The van der Waals surface area contributed by atoms with Gasteiger partial charge in [0.25, 0.3) is 0 Å². The molecule has 0 unspecified atom stereocenters. The zero-order valence-electron chi connectivity index (χ0n) is 4.39. The molecule has 0 heterocycles. The van der Waals surface area contributed by atoms with Gasteiger partial charge in [-0.05, 0) is 0 Å². The van der Waals surface area contributed by atoms with Gasteiger partial charge in [0.05, 0.1) is 0 Å². The molecule has 6 heteroatoms. The fourth-order valence-electron chi connectivity index (χ4n) is 0. The molecule has 0 rings (SSSR count). The Hall–Kier alpha value is -1.00. The molecule has 0 atom stereocenters. The van der Waals surface area contributed by atoms with Gasteiger partial charge in [0, 0.05) is 0 Å². The third-order valence-electron chi connectivity index (χ3n) is 0. The van der Waals surface area contributed by atoms with Crippen LogP contribution in [-0.2, 0) is 34.1 Å². The van der Waals surface area contributed by atoms with Gasteiger partial charge in [-0.15, -0.1) is 0 Å². The summed E-state index contributed by atoms with van der Waals surface area (Å²) >= 11 is 0. The third kappa shape index (κ3) is 251. The quantitative estimate of drug-likeness (QED) is 0.444. The molecule has 10 heavy (non-hydrogen) atoms. The van der Waals surface area contributed by atoms with Gasteiger partial charge in [-0.1, -0.05) is 0 Å². The number of hydrogen-bond acceptors (Lipinski definition) is 4. The minimum Gasteiger partial charge on any atom is -0.512 e. The van der Waals surface area contributed by atoms with Crippen LogP contribution in [0, 0.1) is 47.3 Å². The van der Waals surface area contributed by atoms with Crippen LogP contribution in [0.5, 0.6) is 0 Å². The maximum atomic E-state index is 6.25. The first-order chi connectivity index (χ1) is 4.00. The van der Waals surface area contributed by atoms with Crippen molar-refractivity contribution in [1.29, 1.82) is 21.0 Å². The monoisotopic (exact) mass is 230 g/mol. The van der Waals surface area contributed by atoms with Crippen LogP contribution in [0.15, 0.2) is 0 Å². The van der Waals surface area contributed by atoms with Crippen LogP contribution in [0.4, 0.5) is 0 Å². The van der Waals surface area contributed by atoms with Crippen molar-refractivity contribution in [2.75, 3.05) is 0 Å². The predicted octanol–water partition coefficient (Wildman–Crippen LogP) is 0.380. The Morgan fingerprint density at radius 3 is 0.400 bits per heavy atom. The first-order valence-corrected chi connectivity index (χ1v) is 0.894. The number of hydrogen-bond donors (Lipinski definition) is 0. The average molecular weight is 231 g/mol. The van der Waals surface area contributed by atoms with Crippen LogP contribution in [-0.4, -0.2) is 0 Å². The maximum absolute atomic E-state index is 6.25. The molecule has 0 aliphatic heterocycles. The molecule has 0 aliphatic carbocycles. The van der Waals surface area contributed by atoms with Gasteiger partial charge >= 0.3 is 34.1 Å². The maximum Gasteiger partial charge on any atom is 2.00 e. The second-order valence-electron chi connectivity index (χ2n) is 0. The van der Waals surface area contributed by atoms with Gasteiger partial charge in [0.2, 0.25) is 0 Å². The van der Waals surface area contributed by atoms with Crippen molar-refractivity contribution in [2.45, 2.75) is 0 Å². The molecule has 0 bridgehead atoms. The van der Waals surface area contributed by atoms with Crippen molar-refractivity contribution in [3.8, 4) is 0 Å². The Labute approximate surface area is 81.6 Å². The normalized spacial score (nSPS) is 0.800. The molecule has 0 spiro atoms. The Morgan fingerprint density at radius 2 is 0.400 bits per heavy atom. The first kappa shape index (κ1) is 64.0. The van der Waals surface area contributed by atoms with E-state index in [1.54, 1.807) is 0 Å². The molecular formula is C4Cu2N4. The van der Waals surface area contributed by atoms with Crippen LogP contribution < -0.4 is 0 Å². The van der Waals surface area contributed by atoms with Crippen LogP contribution in [0.2, 0.25) is 0 Å². The van der Waals surface area contributed by atoms with Crippen LogP contribution >= 0.6 is 0 Å². The Bertz CT molecular complexity index is 58.2. The number of rotatable bonds is 0. The standard InChI is InChI=1S/4CN.2Cu/c4*1-2;;/q4*-1;2*+2. The third-order valence-corrected chi connectivity index (χ3v) is 0. The smallest absolute Gasteiger partial charge is 0.512 e. The van der Waals surface area contributed by atoms with Gasteiger partial charge in [0.1, 0.15) is 0 Å². The Kier molecular flexibility index (Phi) is 2500. The van der Waals surface area contributed by atoms with Crippen molar-refractivity contribution in [3.05, 3.63) is 26.3 Å². The van der Waals surface area contributed by atoms with Crippen LogP contribution in [0.25, 0.3) is 0 Å². The van der Waals surface area contributed by atoms with Gasteiger partial charge in [-0.3, -0.25) is 0 Å². The summed E-state index contributed by atoms with van der Waals surface area (Å²) < 4.78 is 0. The van der Waals surface area contributed by atoms with Gasteiger partial charge in [-0.25, -0.2) is 0 Å². The molecule has 0 aromatic rings. The minimum atomic E-state index is 0. The summed E-state index contributed by atoms with van der Waals surface area (Å²) in [5.74, 6) is 0. The summed E-state index contributed by atoms with van der Waals surface area (Å²) in [7, 11) is 0. The summed E-state index contributed by atoms with van der Waals surface area (Å²) in [4.78, 5) is 0. The van der Waals surface area contributed by atoms with Gasteiger partial charge < -0.3 is 47.3 Å². The summed E-state index contributed by atoms with van der Waals surface area (Å²) in [6.07, 6.45) is 0. The molecule has 0 saturated heterocycles. The molecule has 0 N–H and O–H groups in total. The molecule has 0 aliphatic rings. The van der Waals surface area contributed by atoms with E-state index in [-0.39, 0.29) is 34.1 Å². The van der Waals surface area contributed by atoms with E-state index in [1.165, 1.54) is 0 Å². The van der Waals surface area contributed by atoms with E-state index >= 15 is 0 Å². The fourth-order valence-corrected chi connectivity index (χ4v) is 0. The zero-order valence-corrected chi connectivity index (χ0v) is 6.28. The van der Waals surface area contributed by atoms with Crippen LogP contribution in [0.1, 0.15) is 0 Å². The summed E-state index contributed by atoms with van der Waals surface area (Å²) in [6.45, 7) is 19.0.